The molecule has 0 aromatic rings. The summed E-state index contributed by atoms with van der Waals surface area (Å²) in [6.07, 6.45) is 89.9. The van der Waals surface area contributed by atoms with Gasteiger partial charge in [0, 0.05) is 26.7 Å². The highest BCUT2D eigenvalue weighted by atomic mass is 15.1. The predicted octanol–water partition coefficient (Wildman–Crippen LogP) is 21.5. The molecule has 0 fully saturated rings. The highest BCUT2D eigenvalue weighted by Gasteiger charge is 2.17. The van der Waals surface area contributed by atoms with E-state index in [0.29, 0.717) is 0 Å². The van der Waals surface area contributed by atoms with Gasteiger partial charge in [0.25, 0.3) is 0 Å². The van der Waals surface area contributed by atoms with E-state index in [4.69, 9.17) is 0 Å². The third kappa shape index (κ3) is 52.9. The van der Waals surface area contributed by atoms with E-state index in [0.717, 1.165) is 31.8 Å². The summed E-state index contributed by atoms with van der Waals surface area (Å²) in [5, 5.41) is 0. The molecule has 0 aliphatic rings. The van der Waals surface area contributed by atoms with E-state index in [1.54, 1.807) is 0 Å². The molecule has 0 heterocycles. The highest BCUT2D eigenvalue weighted by Crippen LogP contribution is 2.21. The standard InChI is InChI=1S/C64H118N2/c1-6-9-12-15-18-21-24-27-30-33-34-36-39-42-45-48-51-54-57-62-66(63-58-61-65(4)5)64(59-55-52-49-46-43-40-37-32-29-26-23-20-17-14-11-8-3)60-56-53-50-47-44-41-38-35-31-28-25-22-19-16-13-10-7-2/h18,20-23,25,27,29-32,35,58,61,64H,6-17,19,24,26,28,33-34,36-57,59-60,62-63H2,1-5H3/b21-18-,23-20-,25-22-,30-27-,32-29-,35-31-,61-58+. The molecule has 0 saturated heterocycles. The van der Waals surface area contributed by atoms with Gasteiger partial charge in [-0.2, -0.15) is 0 Å². The fourth-order valence-corrected chi connectivity index (χ4v) is 9.07. The van der Waals surface area contributed by atoms with Crippen molar-refractivity contribution in [3.05, 3.63) is 85.2 Å². The SMILES string of the molecule is CCCCC/C=C\C/C=C\CCCCCCCCCCCN(C/C=C/N(C)C)C(CCCCCCCC/C=C\C/C=C\CCCCC)CCCCCCCC/C=C\C/C=C\CCCCCC. The molecule has 1 atom stereocenters. The smallest absolute Gasteiger partial charge is 0.0183 e. The molecular formula is C64H118N2. The maximum absolute atomic E-state index is 2.90. The van der Waals surface area contributed by atoms with E-state index in [1.807, 2.05) is 0 Å². The Kier molecular flexibility index (Phi) is 55.5. The number of rotatable bonds is 53. The third-order valence-corrected chi connectivity index (χ3v) is 13.4. The maximum Gasteiger partial charge on any atom is 0.0183 e. The Labute approximate surface area is 416 Å². The normalized spacial score (nSPS) is 13.1. The second-order valence-electron chi connectivity index (χ2n) is 20.2. The second kappa shape index (κ2) is 57.3. The van der Waals surface area contributed by atoms with Crippen LogP contribution in [0.25, 0.3) is 0 Å². The van der Waals surface area contributed by atoms with E-state index in [-0.39, 0.29) is 0 Å². The van der Waals surface area contributed by atoms with E-state index < -0.39 is 0 Å². The van der Waals surface area contributed by atoms with Gasteiger partial charge in [-0.3, -0.25) is 4.90 Å². The van der Waals surface area contributed by atoms with Gasteiger partial charge in [0.15, 0.2) is 0 Å². The highest BCUT2D eigenvalue weighted by molar-refractivity contribution is 4.94. The van der Waals surface area contributed by atoms with Gasteiger partial charge in [-0.25, -0.2) is 0 Å². The van der Waals surface area contributed by atoms with Gasteiger partial charge in [-0.15, -0.1) is 0 Å². The lowest BCUT2D eigenvalue weighted by Gasteiger charge is -2.31. The predicted molar refractivity (Wildman–Crippen MR) is 304 cm³/mol. The van der Waals surface area contributed by atoms with E-state index in [1.165, 1.54) is 257 Å². The molecule has 2 heteroatoms. The van der Waals surface area contributed by atoms with Crippen LogP contribution in [0.3, 0.4) is 0 Å². The van der Waals surface area contributed by atoms with Gasteiger partial charge in [0.1, 0.15) is 0 Å². The van der Waals surface area contributed by atoms with Crippen LogP contribution in [0.4, 0.5) is 0 Å². The summed E-state index contributed by atoms with van der Waals surface area (Å²) >= 11 is 0. The summed E-state index contributed by atoms with van der Waals surface area (Å²) < 4.78 is 0. The van der Waals surface area contributed by atoms with Gasteiger partial charge < -0.3 is 4.90 Å². The van der Waals surface area contributed by atoms with Crippen molar-refractivity contribution in [2.24, 2.45) is 0 Å². The number of nitrogens with zero attached hydrogens (tertiary/aromatic N) is 2. The number of hydrogen-bond donors (Lipinski definition) is 0. The van der Waals surface area contributed by atoms with Crippen molar-refractivity contribution in [3.8, 4) is 0 Å². The summed E-state index contributed by atoms with van der Waals surface area (Å²) in [6.45, 7) is 9.24. The molecule has 384 valence electrons. The molecule has 0 bridgehead atoms. The van der Waals surface area contributed by atoms with E-state index in [2.05, 4.69) is 130 Å². The van der Waals surface area contributed by atoms with Crippen molar-refractivity contribution in [1.82, 2.24) is 9.80 Å². The largest absolute Gasteiger partial charge is 0.384 e. The Morgan fingerprint density at radius 2 is 0.561 bits per heavy atom. The number of allylic oxidation sites excluding steroid dienone is 12. The topological polar surface area (TPSA) is 6.48 Å². The Hall–Kier alpha value is -2.06. The van der Waals surface area contributed by atoms with Crippen molar-refractivity contribution < 1.29 is 0 Å². The molecule has 0 amide bonds. The monoisotopic (exact) mass is 915 g/mol. The number of hydrogen-bond acceptors (Lipinski definition) is 2. The second-order valence-corrected chi connectivity index (χ2v) is 20.2. The summed E-state index contributed by atoms with van der Waals surface area (Å²) in [6, 6.07) is 0.736. The van der Waals surface area contributed by atoms with E-state index >= 15 is 0 Å². The van der Waals surface area contributed by atoms with Crippen LogP contribution in [-0.4, -0.2) is 43.0 Å². The number of unbranched alkanes of at least 4 members (excludes halogenated alkanes) is 31. The molecule has 0 rings (SSSR count). The first-order valence-electron chi connectivity index (χ1n) is 29.6. The third-order valence-electron chi connectivity index (χ3n) is 13.4. The molecule has 66 heavy (non-hydrogen) atoms. The minimum absolute atomic E-state index is 0.736. The summed E-state index contributed by atoms with van der Waals surface area (Å²) in [4.78, 5) is 5.11. The van der Waals surface area contributed by atoms with Gasteiger partial charge >= 0.3 is 0 Å². The Balaban J connectivity index is 4.71. The van der Waals surface area contributed by atoms with Crippen LogP contribution < -0.4 is 0 Å². The first-order chi connectivity index (χ1) is 32.7. The van der Waals surface area contributed by atoms with Gasteiger partial charge in [-0.1, -0.05) is 254 Å². The fourth-order valence-electron chi connectivity index (χ4n) is 9.07. The molecule has 0 saturated carbocycles. The average molecular weight is 916 g/mol. The zero-order chi connectivity index (χ0) is 47.7. The van der Waals surface area contributed by atoms with Crippen LogP contribution >= 0.6 is 0 Å². The molecule has 0 aromatic carbocycles. The molecule has 0 spiro atoms. The minimum atomic E-state index is 0.736. The summed E-state index contributed by atoms with van der Waals surface area (Å²) in [5.74, 6) is 0. The minimum Gasteiger partial charge on any atom is -0.384 e. The summed E-state index contributed by atoms with van der Waals surface area (Å²) in [7, 11) is 4.33. The first-order valence-corrected chi connectivity index (χ1v) is 29.6. The van der Waals surface area contributed by atoms with Crippen LogP contribution in [0.5, 0.6) is 0 Å². The first kappa shape index (κ1) is 63.9. The van der Waals surface area contributed by atoms with Crippen LogP contribution in [0.15, 0.2) is 85.2 Å². The molecular weight excluding hydrogens is 797 g/mol. The zero-order valence-corrected chi connectivity index (χ0v) is 45.7. The van der Waals surface area contributed by atoms with E-state index in [9.17, 15) is 0 Å². The van der Waals surface area contributed by atoms with Gasteiger partial charge in [-0.05, 0) is 128 Å². The van der Waals surface area contributed by atoms with Crippen molar-refractivity contribution in [2.75, 3.05) is 27.2 Å². The zero-order valence-electron chi connectivity index (χ0n) is 45.7. The van der Waals surface area contributed by atoms with Crippen LogP contribution in [0.2, 0.25) is 0 Å². The van der Waals surface area contributed by atoms with Crippen LogP contribution in [0.1, 0.15) is 290 Å². The van der Waals surface area contributed by atoms with Gasteiger partial charge in [0.2, 0.25) is 0 Å². The molecule has 1 unspecified atom stereocenters. The lowest BCUT2D eigenvalue weighted by Crippen LogP contribution is -2.36. The Morgan fingerprint density at radius 3 is 0.894 bits per heavy atom. The molecule has 2 nitrogen and oxygen atoms in total. The van der Waals surface area contributed by atoms with Crippen molar-refractivity contribution in [3.63, 3.8) is 0 Å². The van der Waals surface area contributed by atoms with Crippen molar-refractivity contribution in [2.45, 2.75) is 296 Å². The quantitative estimate of drug-likeness (QED) is 0.0443. The molecule has 0 aliphatic heterocycles. The molecule has 0 aromatic heterocycles. The molecule has 0 aliphatic carbocycles. The average Bonchev–Trinajstić information content (AvgIpc) is 3.31. The van der Waals surface area contributed by atoms with Gasteiger partial charge in [0.05, 0.1) is 0 Å². The Bertz CT molecular complexity index is 1120. The Morgan fingerprint density at radius 1 is 0.288 bits per heavy atom. The lowest BCUT2D eigenvalue weighted by atomic mass is 9.98. The maximum atomic E-state index is 2.90. The molecule has 0 N–H and O–H groups in total. The van der Waals surface area contributed by atoms with Crippen LogP contribution in [0, 0.1) is 0 Å². The summed E-state index contributed by atoms with van der Waals surface area (Å²) in [5.41, 5.74) is 0. The lowest BCUT2D eigenvalue weighted by molar-refractivity contribution is 0.183. The van der Waals surface area contributed by atoms with Crippen molar-refractivity contribution in [1.29, 1.82) is 0 Å². The van der Waals surface area contributed by atoms with Crippen molar-refractivity contribution >= 4 is 0 Å². The fraction of sp³-hybridized carbons (Fsp3) is 0.781. The van der Waals surface area contributed by atoms with Crippen LogP contribution in [-0.2, 0) is 0 Å². The molecule has 0 radical (unpaired) electrons.